The van der Waals surface area contributed by atoms with Gasteiger partial charge in [0, 0.05) is 37.6 Å². The van der Waals surface area contributed by atoms with Crippen molar-refractivity contribution in [3.63, 3.8) is 0 Å². The normalized spacial score (nSPS) is 11.7. The highest BCUT2D eigenvalue weighted by Crippen LogP contribution is 2.34. The first kappa shape index (κ1) is 74.1. The average molecular weight is 1110 g/mol. The summed E-state index contributed by atoms with van der Waals surface area (Å²) < 4.78 is 0. The van der Waals surface area contributed by atoms with Crippen LogP contribution in [0.3, 0.4) is 0 Å². The molecule has 0 saturated heterocycles. The van der Waals surface area contributed by atoms with Crippen LogP contribution in [0.25, 0.3) is 0 Å². The highest BCUT2D eigenvalue weighted by atomic mass is 15.1. The Morgan fingerprint density at radius 3 is 0.625 bits per heavy atom. The Kier molecular flexibility index (Phi) is 50.9. The third-order valence-electron chi connectivity index (χ3n) is 18.5. The SMILES string of the molecule is CCCCCCCCc1cc(N(CCCCCCCC)CCCCCCCC)cc(CCc2c(CCCCCCCC)cc(N(CCCCCCCC)CCCCCCCC)cc2CCCCCCCC)c1CCCCCCCC. The third kappa shape index (κ3) is 37.4. The predicted molar refractivity (Wildman–Crippen MR) is 367 cm³/mol. The molecule has 0 N–H and O–H groups in total. The molecule has 0 saturated carbocycles. The van der Waals surface area contributed by atoms with Crippen LogP contribution in [0.4, 0.5) is 11.4 Å². The van der Waals surface area contributed by atoms with Crippen molar-refractivity contribution in [1.82, 2.24) is 0 Å². The Morgan fingerprint density at radius 2 is 0.375 bits per heavy atom. The highest BCUT2D eigenvalue weighted by Gasteiger charge is 2.20. The number of rotatable bonds is 61. The van der Waals surface area contributed by atoms with E-state index in [4.69, 9.17) is 0 Å². The lowest BCUT2D eigenvalue weighted by Gasteiger charge is -2.29. The van der Waals surface area contributed by atoms with E-state index >= 15 is 0 Å². The highest BCUT2D eigenvalue weighted by molar-refractivity contribution is 5.57. The zero-order valence-corrected chi connectivity index (χ0v) is 56.2. The van der Waals surface area contributed by atoms with Crippen LogP contribution in [0, 0.1) is 0 Å². The fraction of sp³-hybridized carbons (Fsp3) is 0.846. The monoisotopic (exact) mass is 1110 g/mol. The van der Waals surface area contributed by atoms with Gasteiger partial charge in [-0.3, -0.25) is 0 Å². The van der Waals surface area contributed by atoms with Crippen molar-refractivity contribution in [2.75, 3.05) is 36.0 Å². The van der Waals surface area contributed by atoms with E-state index in [0.717, 1.165) is 0 Å². The fourth-order valence-electron chi connectivity index (χ4n) is 13.2. The molecule has 0 aliphatic heterocycles. The molecular weight excluding hydrogens is 965 g/mol. The molecule has 0 heterocycles. The molecule has 2 aromatic carbocycles. The molecule has 2 aromatic rings. The van der Waals surface area contributed by atoms with E-state index < -0.39 is 0 Å². The summed E-state index contributed by atoms with van der Waals surface area (Å²) in [5, 5.41) is 0. The Bertz CT molecular complexity index is 1550. The molecule has 0 spiro atoms. The summed E-state index contributed by atoms with van der Waals surface area (Å²) in [6.07, 6.45) is 73.7. The molecule has 0 aliphatic rings. The molecule has 0 radical (unpaired) electrons. The van der Waals surface area contributed by atoms with E-state index in [0.29, 0.717) is 0 Å². The topological polar surface area (TPSA) is 6.48 Å². The van der Waals surface area contributed by atoms with Crippen molar-refractivity contribution in [3.8, 4) is 0 Å². The van der Waals surface area contributed by atoms with E-state index in [-0.39, 0.29) is 0 Å². The van der Waals surface area contributed by atoms with Gasteiger partial charge in [0.25, 0.3) is 0 Å². The van der Waals surface area contributed by atoms with E-state index in [2.05, 4.69) is 89.5 Å². The van der Waals surface area contributed by atoms with E-state index in [1.165, 1.54) is 373 Å². The van der Waals surface area contributed by atoms with Crippen LogP contribution >= 0.6 is 0 Å². The Labute approximate surface area is 504 Å². The second-order valence-electron chi connectivity index (χ2n) is 26.1. The van der Waals surface area contributed by atoms with Crippen LogP contribution in [0.1, 0.15) is 397 Å². The number of unbranched alkanes of at least 4 members (excludes halogenated alkanes) is 40. The molecule has 2 nitrogen and oxygen atoms in total. The van der Waals surface area contributed by atoms with Crippen molar-refractivity contribution in [2.24, 2.45) is 0 Å². The van der Waals surface area contributed by atoms with Crippen molar-refractivity contribution in [2.45, 2.75) is 402 Å². The lowest BCUT2D eigenvalue weighted by molar-refractivity contribution is 0.574. The van der Waals surface area contributed by atoms with Crippen molar-refractivity contribution >= 4 is 11.4 Å². The van der Waals surface area contributed by atoms with Crippen LogP contribution < -0.4 is 9.80 Å². The van der Waals surface area contributed by atoms with Crippen LogP contribution in [-0.2, 0) is 38.5 Å². The lowest BCUT2D eigenvalue weighted by atomic mass is 9.85. The number of benzene rings is 2. The standard InChI is InChI=1S/C78H144N2/c1-9-17-25-33-41-49-57-71-67-76(80(65-55-47-39-31-23-15-7)66-56-48-40-32-24-16-8)70-74(77(71)60-52-44-36-28-20-12-4)61-62-78-72(58-50-42-34-26-18-10-2)68-75(69-73(78)59-51-43-35-27-19-11-3)79(63-53-45-37-29-21-13-5)64-54-46-38-30-22-14-6/h67-70H,9-66H2,1-8H3. The first-order chi connectivity index (χ1) is 39.5. The quantitative estimate of drug-likeness (QED) is 0.0609. The molecule has 0 amide bonds. The summed E-state index contributed by atoms with van der Waals surface area (Å²) in [5.41, 5.74) is 13.7. The lowest BCUT2D eigenvalue weighted by Crippen LogP contribution is -2.26. The van der Waals surface area contributed by atoms with Gasteiger partial charge in [-0.2, -0.15) is 0 Å². The van der Waals surface area contributed by atoms with Crippen molar-refractivity contribution in [3.05, 3.63) is 57.6 Å². The van der Waals surface area contributed by atoms with Crippen molar-refractivity contribution < 1.29 is 0 Å². The Morgan fingerprint density at radius 1 is 0.188 bits per heavy atom. The van der Waals surface area contributed by atoms with E-state index in [9.17, 15) is 0 Å². The van der Waals surface area contributed by atoms with Crippen LogP contribution in [0.15, 0.2) is 24.3 Å². The largest absolute Gasteiger partial charge is 0.372 e. The number of hydrogen-bond donors (Lipinski definition) is 0. The minimum absolute atomic E-state index is 1.20. The molecule has 0 aliphatic carbocycles. The minimum atomic E-state index is 1.20. The second kappa shape index (κ2) is 54.9. The van der Waals surface area contributed by atoms with Gasteiger partial charge in [0.2, 0.25) is 0 Å². The molecule has 0 unspecified atom stereocenters. The molecule has 0 atom stereocenters. The predicted octanol–water partition coefficient (Wildman–Crippen LogP) is 26.1. The molecule has 2 rings (SSSR count). The van der Waals surface area contributed by atoms with E-state index in [1.807, 2.05) is 0 Å². The van der Waals surface area contributed by atoms with Gasteiger partial charge >= 0.3 is 0 Å². The summed E-state index contributed by atoms with van der Waals surface area (Å²) >= 11 is 0. The number of hydrogen-bond acceptors (Lipinski definition) is 2. The summed E-state index contributed by atoms with van der Waals surface area (Å²) in [5.74, 6) is 0. The minimum Gasteiger partial charge on any atom is -0.372 e. The fourth-order valence-corrected chi connectivity index (χ4v) is 13.2. The van der Waals surface area contributed by atoms with Gasteiger partial charge in [0.05, 0.1) is 0 Å². The molecular formula is C78H144N2. The second-order valence-corrected chi connectivity index (χ2v) is 26.1. The maximum Gasteiger partial charge on any atom is 0.0371 e. The van der Waals surface area contributed by atoms with Gasteiger partial charge in [-0.1, -0.05) is 312 Å². The number of anilines is 2. The van der Waals surface area contributed by atoms with Gasteiger partial charge in [-0.05, 0) is 148 Å². The van der Waals surface area contributed by atoms with E-state index in [1.54, 1.807) is 44.8 Å². The average Bonchev–Trinajstić information content (AvgIpc) is 3.53. The van der Waals surface area contributed by atoms with Crippen molar-refractivity contribution in [1.29, 1.82) is 0 Å². The summed E-state index contributed by atoms with van der Waals surface area (Å²) in [7, 11) is 0. The van der Waals surface area contributed by atoms with Crippen LogP contribution in [-0.4, -0.2) is 26.2 Å². The smallest absolute Gasteiger partial charge is 0.0371 e. The van der Waals surface area contributed by atoms with Crippen LogP contribution in [0.2, 0.25) is 0 Å². The first-order valence-electron chi connectivity index (χ1n) is 37.3. The maximum atomic E-state index is 2.92. The maximum absolute atomic E-state index is 2.92. The van der Waals surface area contributed by atoms with Gasteiger partial charge in [-0.25, -0.2) is 0 Å². The molecule has 0 aromatic heterocycles. The molecule has 2 heteroatoms. The van der Waals surface area contributed by atoms with Crippen LogP contribution in [0.5, 0.6) is 0 Å². The van der Waals surface area contributed by atoms with Gasteiger partial charge in [-0.15, -0.1) is 0 Å². The van der Waals surface area contributed by atoms with Gasteiger partial charge in [0.15, 0.2) is 0 Å². The first-order valence-corrected chi connectivity index (χ1v) is 37.3. The van der Waals surface area contributed by atoms with Gasteiger partial charge < -0.3 is 9.80 Å². The zero-order chi connectivity index (χ0) is 57.6. The molecule has 80 heavy (non-hydrogen) atoms. The molecule has 0 fully saturated rings. The summed E-state index contributed by atoms with van der Waals surface area (Å²) in [6, 6.07) is 11.2. The molecule has 466 valence electrons. The molecule has 0 bridgehead atoms. The van der Waals surface area contributed by atoms with Gasteiger partial charge in [0.1, 0.15) is 0 Å². The third-order valence-corrected chi connectivity index (χ3v) is 18.5. The summed E-state index contributed by atoms with van der Waals surface area (Å²) in [4.78, 5) is 5.84. The summed E-state index contributed by atoms with van der Waals surface area (Å²) in [6.45, 7) is 23.9. The number of nitrogens with zero attached hydrogens (tertiary/aromatic N) is 2. The Hall–Kier alpha value is -1.96. The zero-order valence-electron chi connectivity index (χ0n) is 56.2. The number of aryl methyl sites for hydroxylation is 4. The Balaban J connectivity index is 2.87.